The molecule has 2 N–H and O–H groups in total. The highest BCUT2D eigenvalue weighted by Gasteiger charge is 2.27. The summed E-state index contributed by atoms with van der Waals surface area (Å²) in [6.07, 6.45) is 0.643. The van der Waals surface area contributed by atoms with Crippen LogP contribution in [-0.2, 0) is 17.8 Å². The number of aromatic amines is 1. The van der Waals surface area contributed by atoms with Crippen LogP contribution in [0, 0.1) is 19.8 Å². The van der Waals surface area contributed by atoms with Gasteiger partial charge in [0.15, 0.2) is 0 Å². The van der Waals surface area contributed by atoms with E-state index in [0.717, 1.165) is 22.5 Å². The predicted octanol–water partition coefficient (Wildman–Crippen LogP) is 3.00. The Morgan fingerprint density at radius 3 is 2.44 bits per heavy atom. The van der Waals surface area contributed by atoms with E-state index in [4.69, 9.17) is 0 Å². The molecule has 1 aromatic heterocycles. The summed E-state index contributed by atoms with van der Waals surface area (Å²) in [6, 6.07) is 9.88. The SMILES string of the molecule is Cc1n[nH]c(C)c1CC(C)C(=O)N(Cc1ccccc1)CC(C)(C)O. The minimum absolute atomic E-state index is 0.0472. The molecule has 0 fully saturated rings. The average molecular weight is 343 g/mol. The van der Waals surface area contributed by atoms with Crippen LogP contribution in [0.4, 0.5) is 0 Å². The lowest BCUT2D eigenvalue weighted by Crippen LogP contribution is -2.44. The molecule has 2 rings (SSSR count). The summed E-state index contributed by atoms with van der Waals surface area (Å²) in [5.41, 5.74) is 3.17. The monoisotopic (exact) mass is 343 g/mol. The largest absolute Gasteiger partial charge is 0.389 e. The van der Waals surface area contributed by atoms with Gasteiger partial charge in [-0.05, 0) is 45.2 Å². The fourth-order valence-electron chi connectivity index (χ4n) is 3.06. The zero-order valence-electron chi connectivity index (χ0n) is 15.8. The number of nitrogens with zero attached hydrogens (tertiary/aromatic N) is 2. The van der Waals surface area contributed by atoms with Crippen molar-refractivity contribution in [3.05, 3.63) is 52.8 Å². The minimum atomic E-state index is -0.939. The summed E-state index contributed by atoms with van der Waals surface area (Å²) in [6.45, 7) is 10.1. The quantitative estimate of drug-likeness (QED) is 0.812. The van der Waals surface area contributed by atoms with Crippen LogP contribution in [0.15, 0.2) is 30.3 Å². The number of benzene rings is 1. The summed E-state index contributed by atoms with van der Waals surface area (Å²) in [5.74, 6) is -0.132. The van der Waals surface area contributed by atoms with Gasteiger partial charge < -0.3 is 10.0 Å². The zero-order valence-corrected chi connectivity index (χ0v) is 15.8. The van der Waals surface area contributed by atoms with Crippen molar-refractivity contribution in [2.45, 2.75) is 53.2 Å². The van der Waals surface area contributed by atoms with Crippen molar-refractivity contribution in [2.24, 2.45) is 5.92 Å². The second-order valence-corrected chi connectivity index (χ2v) is 7.51. The van der Waals surface area contributed by atoms with E-state index in [1.165, 1.54) is 0 Å². The van der Waals surface area contributed by atoms with Gasteiger partial charge >= 0.3 is 0 Å². The molecule has 1 atom stereocenters. The zero-order chi connectivity index (χ0) is 18.6. The van der Waals surface area contributed by atoms with Crippen LogP contribution in [0.25, 0.3) is 0 Å². The van der Waals surface area contributed by atoms with E-state index in [9.17, 15) is 9.90 Å². The molecule has 0 saturated heterocycles. The van der Waals surface area contributed by atoms with Gasteiger partial charge in [-0.25, -0.2) is 0 Å². The number of carbonyl (C=O) groups is 1. The number of hydrogen-bond donors (Lipinski definition) is 2. The van der Waals surface area contributed by atoms with Crippen LogP contribution in [0.3, 0.4) is 0 Å². The molecule has 25 heavy (non-hydrogen) atoms. The number of nitrogens with one attached hydrogen (secondary N) is 1. The maximum atomic E-state index is 13.1. The number of rotatable bonds is 7. The third-order valence-electron chi connectivity index (χ3n) is 4.32. The third kappa shape index (κ3) is 5.43. The van der Waals surface area contributed by atoms with E-state index in [-0.39, 0.29) is 11.8 Å². The Labute approximate surface area is 150 Å². The molecule has 5 heteroatoms. The molecule has 0 spiro atoms. The standard InChI is InChI=1S/C20H29N3O2/c1-14(11-18-15(2)21-22-16(18)3)19(24)23(13-20(4,5)25)12-17-9-7-6-8-10-17/h6-10,14,25H,11-13H2,1-5H3,(H,21,22). The molecule has 0 bridgehead atoms. The second kappa shape index (κ2) is 7.83. The van der Waals surface area contributed by atoms with Gasteiger partial charge in [-0.2, -0.15) is 5.10 Å². The number of aryl methyl sites for hydroxylation is 2. The molecule has 1 aromatic carbocycles. The lowest BCUT2D eigenvalue weighted by atomic mass is 9.97. The topological polar surface area (TPSA) is 69.2 Å². The Balaban J connectivity index is 2.16. The molecule has 0 radical (unpaired) electrons. The van der Waals surface area contributed by atoms with E-state index in [2.05, 4.69) is 10.2 Å². The lowest BCUT2D eigenvalue weighted by molar-refractivity contribution is -0.138. The van der Waals surface area contributed by atoms with Crippen LogP contribution < -0.4 is 0 Å². The van der Waals surface area contributed by atoms with Gasteiger partial charge in [0, 0.05) is 24.7 Å². The van der Waals surface area contributed by atoms with E-state index in [1.807, 2.05) is 51.1 Å². The van der Waals surface area contributed by atoms with E-state index >= 15 is 0 Å². The van der Waals surface area contributed by atoms with Gasteiger partial charge in [0.1, 0.15) is 0 Å². The van der Waals surface area contributed by atoms with Gasteiger partial charge in [0.05, 0.1) is 11.3 Å². The highest BCUT2D eigenvalue weighted by atomic mass is 16.3. The van der Waals surface area contributed by atoms with Crippen molar-refractivity contribution in [3.63, 3.8) is 0 Å². The number of aliphatic hydroxyl groups is 1. The number of H-pyrrole nitrogens is 1. The smallest absolute Gasteiger partial charge is 0.226 e. The van der Waals surface area contributed by atoms with Crippen LogP contribution in [-0.4, -0.2) is 38.3 Å². The number of amides is 1. The maximum Gasteiger partial charge on any atom is 0.226 e. The number of carbonyl (C=O) groups excluding carboxylic acids is 1. The first kappa shape index (κ1) is 19.2. The van der Waals surface area contributed by atoms with E-state index < -0.39 is 5.60 Å². The summed E-state index contributed by atoms with van der Waals surface area (Å²) in [4.78, 5) is 14.8. The Morgan fingerprint density at radius 2 is 1.92 bits per heavy atom. The molecule has 136 valence electrons. The first-order valence-electron chi connectivity index (χ1n) is 8.73. The van der Waals surface area contributed by atoms with Gasteiger partial charge in [-0.1, -0.05) is 37.3 Å². The lowest BCUT2D eigenvalue weighted by Gasteiger charge is -2.31. The fourth-order valence-corrected chi connectivity index (χ4v) is 3.06. The van der Waals surface area contributed by atoms with E-state index in [0.29, 0.717) is 19.5 Å². The minimum Gasteiger partial charge on any atom is -0.389 e. The van der Waals surface area contributed by atoms with Gasteiger partial charge in [0.25, 0.3) is 0 Å². The third-order valence-corrected chi connectivity index (χ3v) is 4.32. The molecule has 1 amide bonds. The molecule has 5 nitrogen and oxygen atoms in total. The molecule has 2 aromatic rings. The molecular formula is C20H29N3O2. The summed E-state index contributed by atoms with van der Waals surface area (Å²) in [7, 11) is 0. The Kier molecular flexibility index (Phi) is 6.01. The Hall–Kier alpha value is -2.14. The summed E-state index contributed by atoms with van der Waals surface area (Å²) in [5, 5.41) is 17.4. The molecule has 1 heterocycles. The molecule has 1 unspecified atom stereocenters. The molecule has 0 aliphatic carbocycles. The number of hydrogen-bond acceptors (Lipinski definition) is 3. The van der Waals surface area contributed by atoms with Crippen molar-refractivity contribution < 1.29 is 9.90 Å². The average Bonchev–Trinajstić information content (AvgIpc) is 2.85. The van der Waals surface area contributed by atoms with Crippen molar-refractivity contribution in [1.82, 2.24) is 15.1 Å². The Morgan fingerprint density at radius 1 is 1.28 bits per heavy atom. The first-order valence-corrected chi connectivity index (χ1v) is 8.73. The molecule has 0 aliphatic heterocycles. The molecule has 0 aliphatic rings. The normalized spacial score (nSPS) is 12.9. The van der Waals surface area contributed by atoms with Crippen molar-refractivity contribution in [2.75, 3.05) is 6.54 Å². The van der Waals surface area contributed by atoms with Crippen LogP contribution in [0.5, 0.6) is 0 Å². The van der Waals surface area contributed by atoms with Crippen molar-refractivity contribution in [1.29, 1.82) is 0 Å². The first-order chi connectivity index (χ1) is 11.7. The van der Waals surface area contributed by atoms with Gasteiger partial charge in [-0.3, -0.25) is 9.89 Å². The Bertz CT molecular complexity index is 682. The van der Waals surface area contributed by atoms with Gasteiger partial charge in [0.2, 0.25) is 5.91 Å². The summed E-state index contributed by atoms with van der Waals surface area (Å²) >= 11 is 0. The second-order valence-electron chi connectivity index (χ2n) is 7.51. The summed E-state index contributed by atoms with van der Waals surface area (Å²) < 4.78 is 0. The van der Waals surface area contributed by atoms with Crippen LogP contribution >= 0.6 is 0 Å². The predicted molar refractivity (Wildman–Crippen MR) is 99.1 cm³/mol. The molecule has 0 saturated carbocycles. The highest BCUT2D eigenvalue weighted by molar-refractivity contribution is 5.79. The highest BCUT2D eigenvalue weighted by Crippen LogP contribution is 2.19. The van der Waals surface area contributed by atoms with Gasteiger partial charge in [-0.15, -0.1) is 0 Å². The van der Waals surface area contributed by atoms with Crippen molar-refractivity contribution in [3.8, 4) is 0 Å². The molecular weight excluding hydrogens is 314 g/mol. The fraction of sp³-hybridized carbons (Fsp3) is 0.500. The van der Waals surface area contributed by atoms with Crippen molar-refractivity contribution >= 4 is 5.91 Å². The van der Waals surface area contributed by atoms with Crippen LogP contribution in [0.2, 0.25) is 0 Å². The van der Waals surface area contributed by atoms with Crippen LogP contribution in [0.1, 0.15) is 43.3 Å². The van der Waals surface area contributed by atoms with E-state index in [1.54, 1.807) is 18.7 Å². The maximum absolute atomic E-state index is 13.1. The number of aromatic nitrogens is 2.